The molecule has 0 aromatic heterocycles. The Kier molecular flexibility index (Phi) is 6.59. The Morgan fingerprint density at radius 1 is 0.935 bits per heavy atom. The van der Waals surface area contributed by atoms with Crippen molar-refractivity contribution in [3.05, 3.63) is 53.1 Å². The minimum Gasteiger partial charge on any atom is -0.326 e. The third-order valence-corrected chi connectivity index (χ3v) is 8.84. The fourth-order valence-corrected chi connectivity index (χ4v) is 6.11. The van der Waals surface area contributed by atoms with Crippen LogP contribution in [0.4, 0.5) is 5.69 Å². The van der Waals surface area contributed by atoms with Crippen LogP contribution in [0, 0.1) is 26.7 Å². The van der Waals surface area contributed by atoms with Gasteiger partial charge in [-0.2, -0.15) is 4.31 Å². The largest absolute Gasteiger partial charge is 0.326 e. The molecular weight excluding hydrogens is 436 g/mol. The van der Waals surface area contributed by atoms with Gasteiger partial charge in [-0.3, -0.25) is 4.79 Å². The number of aryl methyl sites for hydroxylation is 3. The topological polar surface area (TPSA) is 101 Å². The van der Waals surface area contributed by atoms with Gasteiger partial charge >= 0.3 is 0 Å². The van der Waals surface area contributed by atoms with Crippen LogP contribution in [-0.4, -0.2) is 46.4 Å². The lowest BCUT2D eigenvalue weighted by molar-refractivity contribution is -0.120. The van der Waals surface area contributed by atoms with Gasteiger partial charge in [0.2, 0.25) is 15.9 Å². The molecule has 1 heterocycles. The number of amides is 1. The zero-order chi connectivity index (χ0) is 23.0. The first-order valence-corrected chi connectivity index (χ1v) is 13.4. The summed E-state index contributed by atoms with van der Waals surface area (Å²) in [7, 11) is -6.99. The Morgan fingerprint density at radius 3 is 2.16 bits per heavy atom. The summed E-state index contributed by atoms with van der Waals surface area (Å²) in [5, 5.41) is 2.82. The van der Waals surface area contributed by atoms with E-state index in [0.717, 1.165) is 17.4 Å². The van der Waals surface area contributed by atoms with Crippen molar-refractivity contribution in [3.8, 4) is 0 Å². The maximum absolute atomic E-state index is 13.0. The molecule has 1 aliphatic rings. The smallest absolute Gasteiger partial charge is 0.243 e. The molecule has 0 bridgehead atoms. The van der Waals surface area contributed by atoms with Crippen molar-refractivity contribution in [2.45, 2.75) is 43.4 Å². The van der Waals surface area contributed by atoms with Gasteiger partial charge in [-0.1, -0.05) is 23.8 Å². The third kappa shape index (κ3) is 5.16. The van der Waals surface area contributed by atoms with Gasteiger partial charge in [-0.15, -0.1) is 0 Å². The normalized spacial score (nSPS) is 16.3. The summed E-state index contributed by atoms with van der Waals surface area (Å²) >= 11 is 0. The summed E-state index contributed by atoms with van der Waals surface area (Å²) in [6.45, 7) is 6.01. The first-order valence-electron chi connectivity index (χ1n) is 10.1. The lowest BCUT2D eigenvalue weighted by Gasteiger charge is -2.31. The van der Waals surface area contributed by atoms with Gasteiger partial charge in [0.05, 0.1) is 9.79 Å². The van der Waals surface area contributed by atoms with Crippen LogP contribution in [0.1, 0.15) is 29.5 Å². The highest BCUT2D eigenvalue weighted by Gasteiger charge is 2.33. The van der Waals surface area contributed by atoms with Crippen molar-refractivity contribution in [2.24, 2.45) is 5.92 Å². The monoisotopic (exact) mass is 464 g/mol. The van der Waals surface area contributed by atoms with Gasteiger partial charge in [0.1, 0.15) is 0 Å². The van der Waals surface area contributed by atoms with E-state index in [4.69, 9.17) is 0 Å². The number of rotatable bonds is 5. The molecule has 0 spiro atoms. The van der Waals surface area contributed by atoms with Gasteiger partial charge < -0.3 is 5.32 Å². The Balaban J connectivity index is 1.69. The van der Waals surface area contributed by atoms with E-state index in [1.165, 1.54) is 16.4 Å². The maximum Gasteiger partial charge on any atom is 0.243 e. The standard InChI is InChI=1S/C22H28N2O5S2/c1-15-5-8-21(17(3)13-15)31(28,29)24-11-9-18(10-12-24)22(25)23-20-14-19(30(4,26)27)7-6-16(20)2/h5-8,13-14,18H,9-12H2,1-4H3,(H,23,25). The number of piperidine rings is 1. The van der Waals surface area contributed by atoms with Crippen molar-refractivity contribution >= 4 is 31.5 Å². The van der Waals surface area contributed by atoms with Crippen LogP contribution in [0.15, 0.2) is 46.2 Å². The Bertz CT molecular complexity index is 1210. The highest BCUT2D eigenvalue weighted by atomic mass is 32.2. The molecule has 0 atom stereocenters. The maximum atomic E-state index is 13.0. The Labute approximate surface area is 184 Å². The van der Waals surface area contributed by atoms with E-state index in [2.05, 4.69) is 5.32 Å². The molecule has 1 aliphatic heterocycles. The molecule has 2 aromatic carbocycles. The van der Waals surface area contributed by atoms with Crippen LogP contribution in [0.25, 0.3) is 0 Å². The quantitative estimate of drug-likeness (QED) is 0.733. The number of carbonyl (C=O) groups excluding carboxylic acids is 1. The molecule has 168 valence electrons. The van der Waals surface area contributed by atoms with Gasteiger partial charge in [0.25, 0.3) is 0 Å². The van der Waals surface area contributed by atoms with Crippen LogP contribution >= 0.6 is 0 Å². The fraction of sp³-hybridized carbons (Fsp3) is 0.409. The number of carbonyl (C=O) groups is 1. The van der Waals surface area contributed by atoms with Crippen molar-refractivity contribution in [3.63, 3.8) is 0 Å². The minimum atomic E-state index is -3.61. The summed E-state index contributed by atoms with van der Waals surface area (Å²) in [5.74, 6) is -0.566. The van der Waals surface area contributed by atoms with Crippen LogP contribution in [-0.2, 0) is 24.7 Å². The van der Waals surface area contributed by atoms with Crippen LogP contribution in [0.2, 0.25) is 0 Å². The number of hydrogen-bond acceptors (Lipinski definition) is 5. The number of sulfone groups is 1. The van der Waals surface area contributed by atoms with Gasteiger partial charge in [-0.25, -0.2) is 16.8 Å². The average molecular weight is 465 g/mol. The molecule has 0 unspecified atom stereocenters. The van der Waals surface area contributed by atoms with E-state index in [1.807, 2.05) is 13.0 Å². The number of anilines is 1. The molecule has 31 heavy (non-hydrogen) atoms. The summed E-state index contributed by atoms with van der Waals surface area (Å²) in [5.41, 5.74) is 2.93. The second-order valence-electron chi connectivity index (χ2n) is 8.19. The van der Waals surface area contributed by atoms with Crippen LogP contribution in [0.3, 0.4) is 0 Å². The number of sulfonamides is 1. The summed E-state index contributed by atoms with van der Waals surface area (Å²) in [4.78, 5) is 13.2. The predicted molar refractivity (Wildman–Crippen MR) is 120 cm³/mol. The molecule has 0 radical (unpaired) electrons. The zero-order valence-corrected chi connectivity index (χ0v) is 19.8. The predicted octanol–water partition coefficient (Wildman–Crippen LogP) is 3.05. The second kappa shape index (κ2) is 8.72. The molecule has 0 saturated carbocycles. The number of nitrogens with zero attached hydrogens (tertiary/aromatic N) is 1. The summed E-state index contributed by atoms with van der Waals surface area (Å²) < 4.78 is 51.1. The molecule has 1 saturated heterocycles. The molecule has 2 aromatic rings. The highest BCUT2D eigenvalue weighted by molar-refractivity contribution is 7.90. The minimum absolute atomic E-state index is 0.141. The first kappa shape index (κ1) is 23.4. The molecule has 1 N–H and O–H groups in total. The lowest BCUT2D eigenvalue weighted by atomic mass is 9.97. The molecule has 1 fully saturated rings. The summed E-state index contributed by atoms with van der Waals surface area (Å²) in [6.07, 6.45) is 1.93. The zero-order valence-electron chi connectivity index (χ0n) is 18.2. The molecular formula is C22H28N2O5S2. The van der Waals surface area contributed by atoms with Gasteiger partial charge in [-0.05, 0) is 62.9 Å². The highest BCUT2D eigenvalue weighted by Crippen LogP contribution is 2.28. The van der Waals surface area contributed by atoms with Gasteiger partial charge in [0, 0.05) is 31.0 Å². The number of nitrogens with one attached hydrogen (secondary N) is 1. The van der Waals surface area contributed by atoms with E-state index >= 15 is 0 Å². The van der Waals surface area contributed by atoms with E-state index < -0.39 is 19.9 Å². The molecule has 3 rings (SSSR count). The number of hydrogen-bond donors (Lipinski definition) is 1. The summed E-state index contributed by atoms with van der Waals surface area (Å²) in [6, 6.07) is 9.90. The van der Waals surface area contributed by atoms with Gasteiger partial charge in [0.15, 0.2) is 9.84 Å². The molecule has 9 heteroatoms. The van der Waals surface area contributed by atoms with E-state index in [1.54, 1.807) is 32.0 Å². The Morgan fingerprint density at radius 2 is 1.58 bits per heavy atom. The Hall–Kier alpha value is -2.23. The van der Waals surface area contributed by atoms with E-state index in [0.29, 0.717) is 29.0 Å². The fourth-order valence-electron chi connectivity index (χ4n) is 3.79. The van der Waals surface area contributed by atoms with E-state index in [-0.39, 0.29) is 29.8 Å². The molecule has 7 nitrogen and oxygen atoms in total. The van der Waals surface area contributed by atoms with Crippen molar-refractivity contribution in [2.75, 3.05) is 24.7 Å². The first-order chi connectivity index (χ1) is 14.4. The van der Waals surface area contributed by atoms with E-state index in [9.17, 15) is 21.6 Å². The third-order valence-electron chi connectivity index (χ3n) is 5.67. The number of benzene rings is 2. The average Bonchev–Trinajstić information content (AvgIpc) is 2.68. The van der Waals surface area contributed by atoms with Crippen LogP contribution < -0.4 is 5.32 Å². The van der Waals surface area contributed by atoms with Crippen molar-refractivity contribution < 1.29 is 21.6 Å². The molecule has 1 amide bonds. The van der Waals surface area contributed by atoms with Crippen molar-refractivity contribution in [1.82, 2.24) is 4.31 Å². The van der Waals surface area contributed by atoms with Crippen LogP contribution in [0.5, 0.6) is 0 Å². The SMILES string of the molecule is Cc1ccc(S(=O)(=O)N2CCC(C(=O)Nc3cc(S(C)(=O)=O)ccc3C)CC2)c(C)c1. The van der Waals surface area contributed by atoms with Crippen molar-refractivity contribution in [1.29, 1.82) is 0 Å². The second-order valence-corrected chi connectivity index (χ2v) is 12.1. The molecule has 0 aliphatic carbocycles. The lowest BCUT2D eigenvalue weighted by Crippen LogP contribution is -2.41.